The van der Waals surface area contributed by atoms with E-state index in [0.29, 0.717) is 5.56 Å². The van der Waals surface area contributed by atoms with Crippen molar-refractivity contribution in [1.82, 2.24) is 20.2 Å². The molecule has 0 spiro atoms. The number of nitrogens with zero attached hydrogens (tertiary/aromatic N) is 3. The zero-order valence-electron chi connectivity index (χ0n) is 9.85. The number of carbonyl (C=O) groups excluding carboxylic acids is 1. The van der Waals surface area contributed by atoms with Crippen molar-refractivity contribution in [3.8, 4) is 0 Å². The maximum Gasteiger partial charge on any atom is 0.257 e. The molecule has 0 radical (unpaired) electrons. The molecule has 0 aliphatic carbocycles. The monoisotopic (exact) mass is 252 g/mol. The number of nitrogens with one attached hydrogen (secondary N) is 1. The van der Waals surface area contributed by atoms with Gasteiger partial charge in [0.1, 0.15) is 5.82 Å². The van der Waals surface area contributed by atoms with E-state index in [9.17, 15) is 4.79 Å². The molecule has 0 unspecified atom stereocenters. The molecule has 1 aliphatic rings. The molecule has 1 saturated heterocycles. The minimum absolute atomic E-state index is 0.0298. The van der Waals surface area contributed by atoms with Gasteiger partial charge < -0.3 is 10.2 Å². The summed E-state index contributed by atoms with van der Waals surface area (Å²) in [4.78, 5) is 22.3. The second-order valence-electron chi connectivity index (χ2n) is 3.86. The standard InChI is InChI=1S/C11H16N4OS/c1-17-8-10-13-6-9(7-14-10)11(16)15-4-2-12-3-5-15/h6-7,12H,2-5,8H2,1H3. The van der Waals surface area contributed by atoms with Gasteiger partial charge in [-0.3, -0.25) is 4.79 Å². The molecule has 1 aliphatic heterocycles. The Bertz CT molecular complexity index is 376. The van der Waals surface area contributed by atoms with E-state index in [0.717, 1.165) is 37.8 Å². The molecular formula is C11H16N4OS. The molecule has 1 fully saturated rings. The lowest BCUT2D eigenvalue weighted by molar-refractivity contribution is 0.0735. The zero-order valence-corrected chi connectivity index (χ0v) is 10.7. The number of rotatable bonds is 3. The Kier molecular flexibility index (Phi) is 4.33. The van der Waals surface area contributed by atoms with Crippen molar-refractivity contribution in [2.45, 2.75) is 5.75 Å². The largest absolute Gasteiger partial charge is 0.336 e. The SMILES string of the molecule is CSCc1ncc(C(=O)N2CCNCC2)cn1. The second-order valence-corrected chi connectivity index (χ2v) is 4.73. The van der Waals surface area contributed by atoms with Gasteiger partial charge >= 0.3 is 0 Å². The molecule has 92 valence electrons. The van der Waals surface area contributed by atoms with E-state index in [1.807, 2.05) is 11.2 Å². The Balaban J connectivity index is 2.03. The van der Waals surface area contributed by atoms with E-state index in [-0.39, 0.29) is 5.91 Å². The third-order valence-electron chi connectivity index (χ3n) is 2.63. The first-order chi connectivity index (χ1) is 8.31. The predicted octanol–water partition coefficient (Wildman–Crippen LogP) is 0.385. The summed E-state index contributed by atoms with van der Waals surface area (Å²) in [7, 11) is 0. The first kappa shape index (κ1) is 12.3. The number of aromatic nitrogens is 2. The first-order valence-electron chi connectivity index (χ1n) is 5.61. The lowest BCUT2D eigenvalue weighted by atomic mass is 10.2. The first-order valence-corrected chi connectivity index (χ1v) is 7.00. The van der Waals surface area contributed by atoms with Gasteiger partial charge in [-0.2, -0.15) is 11.8 Å². The molecule has 0 atom stereocenters. The third-order valence-corrected chi connectivity index (χ3v) is 3.18. The van der Waals surface area contributed by atoms with E-state index in [1.54, 1.807) is 24.2 Å². The fourth-order valence-corrected chi connectivity index (χ4v) is 2.13. The highest BCUT2D eigenvalue weighted by atomic mass is 32.2. The van der Waals surface area contributed by atoms with Crippen LogP contribution in [0.2, 0.25) is 0 Å². The van der Waals surface area contributed by atoms with Crippen molar-refractivity contribution in [3.05, 3.63) is 23.8 Å². The van der Waals surface area contributed by atoms with Gasteiger partial charge in [0.2, 0.25) is 0 Å². The summed E-state index contributed by atoms with van der Waals surface area (Å²) in [5.41, 5.74) is 0.580. The fourth-order valence-electron chi connectivity index (χ4n) is 1.72. The lowest BCUT2D eigenvalue weighted by Crippen LogP contribution is -2.46. The molecule has 0 bridgehead atoms. The Morgan fingerprint density at radius 3 is 2.65 bits per heavy atom. The van der Waals surface area contributed by atoms with Gasteiger partial charge in [0.25, 0.3) is 5.91 Å². The zero-order chi connectivity index (χ0) is 12.1. The van der Waals surface area contributed by atoms with Gasteiger partial charge in [-0.05, 0) is 6.26 Å². The predicted molar refractivity (Wildman–Crippen MR) is 68.0 cm³/mol. The quantitative estimate of drug-likeness (QED) is 0.843. The summed E-state index contributed by atoms with van der Waals surface area (Å²) >= 11 is 1.67. The number of hydrogen-bond donors (Lipinski definition) is 1. The Labute approximate surface area is 105 Å². The number of piperazine rings is 1. The van der Waals surface area contributed by atoms with Crippen LogP contribution in [0.1, 0.15) is 16.2 Å². The summed E-state index contributed by atoms with van der Waals surface area (Å²) in [6, 6.07) is 0. The van der Waals surface area contributed by atoms with E-state index in [1.165, 1.54) is 0 Å². The second kappa shape index (κ2) is 5.97. The smallest absolute Gasteiger partial charge is 0.257 e. The highest BCUT2D eigenvalue weighted by Gasteiger charge is 2.18. The van der Waals surface area contributed by atoms with Crippen LogP contribution in [0.3, 0.4) is 0 Å². The van der Waals surface area contributed by atoms with Gasteiger partial charge in [-0.25, -0.2) is 9.97 Å². The van der Waals surface area contributed by atoms with Crippen LogP contribution < -0.4 is 5.32 Å². The molecule has 0 aromatic carbocycles. The van der Waals surface area contributed by atoms with Crippen LogP contribution in [0.25, 0.3) is 0 Å². The molecule has 5 nitrogen and oxygen atoms in total. The van der Waals surface area contributed by atoms with Gasteiger partial charge in [-0.1, -0.05) is 0 Å². The molecule has 0 saturated carbocycles. The Morgan fingerprint density at radius 1 is 1.41 bits per heavy atom. The van der Waals surface area contributed by atoms with E-state index in [4.69, 9.17) is 0 Å². The van der Waals surface area contributed by atoms with Crippen molar-refractivity contribution in [2.75, 3.05) is 32.4 Å². The minimum atomic E-state index is 0.0298. The summed E-state index contributed by atoms with van der Waals surface area (Å²) in [5.74, 6) is 1.58. The number of thioether (sulfide) groups is 1. The van der Waals surface area contributed by atoms with Crippen LogP contribution in [-0.4, -0.2) is 53.2 Å². The third kappa shape index (κ3) is 3.17. The van der Waals surface area contributed by atoms with Crippen LogP contribution >= 0.6 is 11.8 Å². The fraction of sp³-hybridized carbons (Fsp3) is 0.545. The van der Waals surface area contributed by atoms with Crippen molar-refractivity contribution in [2.24, 2.45) is 0 Å². The van der Waals surface area contributed by atoms with E-state index < -0.39 is 0 Å². The Hall–Kier alpha value is -1.14. The van der Waals surface area contributed by atoms with Crippen LogP contribution in [-0.2, 0) is 5.75 Å². The van der Waals surface area contributed by atoms with E-state index >= 15 is 0 Å². The van der Waals surface area contributed by atoms with Crippen LogP contribution in [0.4, 0.5) is 0 Å². The van der Waals surface area contributed by atoms with Crippen molar-refractivity contribution in [3.63, 3.8) is 0 Å². The number of hydrogen-bond acceptors (Lipinski definition) is 5. The maximum atomic E-state index is 12.1. The lowest BCUT2D eigenvalue weighted by Gasteiger charge is -2.27. The molecule has 1 aromatic heterocycles. The average molecular weight is 252 g/mol. The normalized spacial score (nSPS) is 15.9. The summed E-state index contributed by atoms with van der Waals surface area (Å²) in [6.45, 7) is 3.23. The summed E-state index contributed by atoms with van der Waals surface area (Å²) in [6.07, 6.45) is 5.26. The molecule has 17 heavy (non-hydrogen) atoms. The molecule has 2 heterocycles. The number of carbonyl (C=O) groups is 1. The van der Waals surface area contributed by atoms with Crippen molar-refractivity contribution < 1.29 is 4.79 Å². The van der Waals surface area contributed by atoms with Crippen molar-refractivity contribution in [1.29, 1.82) is 0 Å². The van der Waals surface area contributed by atoms with Crippen LogP contribution in [0, 0.1) is 0 Å². The molecule has 1 N–H and O–H groups in total. The highest BCUT2D eigenvalue weighted by Crippen LogP contribution is 2.07. The molecule has 1 aromatic rings. The van der Waals surface area contributed by atoms with Gasteiger partial charge in [-0.15, -0.1) is 0 Å². The van der Waals surface area contributed by atoms with Crippen LogP contribution in [0.5, 0.6) is 0 Å². The summed E-state index contributed by atoms with van der Waals surface area (Å²) in [5, 5.41) is 3.22. The average Bonchev–Trinajstić information content (AvgIpc) is 2.40. The molecule has 2 rings (SSSR count). The van der Waals surface area contributed by atoms with Gasteiger partial charge in [0.15, 0.2) is 0 Å². The maximum absolute atomic E-state index is 12.1. The Morgan fingerprint density at radius 2 is 2.06 bits per heavy atom. The summed E-state index contributed by atoms with van der Waals surface area (Å²) < 4.78 is 0. The topological polar surface area (TPSA) is 58.1 Å². The number of amides is 1. The van der Waals surface area contributed by atoms with Gasteiger partial charge in [0, 0.05) is 38.6 Å². The molecule has 1 amide bonds. The molecule has 6 heteroatoms. The van der Waals surface area contributed by atoms with Crippen LogP contribution in [0.15, 0.2) is 12.4 Å². The minimum Gasteiger partial charge on any atom is -0.336 e. The van der Waals surface area contributed by atoms with E-state index in [2.05, 4.69) is 15.3 Å². The van der Waals surface area contributed by atoms with Crippen molar-refractivity contribution >= 4 is 17.7 Å². The highest BCUT2D eigenvalue weighted by molar-refractivity contribution is 7.97. The molecular weight excluding hydrogens is 236 g/mol. The van der Waals surface area contributed by atoms with Gasteiger partial charge in [0.05, 0.1) is 11.3 Å².